The Kier molecular flexibility index (Phi) is 5.79. The summed E-state index contributed by atoms with van der Waals surface area (Å²) in [5, 5.41) is 2.56. The van der Waals surface area contributed by atoms with Crippen molar-refractivity contribution in [3.63, 3.8) is 0 Å². The topological polar surface area (TPSA) is 84.1 Å². The molecule has 1 amide bonds. The van der Waals surface area contributed by atoms with Crippen molar-refractivity contribution in [1.29, 1.82) is 0 Å². The van der Waals surface area contributed by atoms with E-state index in [0.29, 0.717) is 12.0 Å². The van der Waals surface area contributed by atoms with Crippen LogP contribution in [0.15, 0.2) is 35.1 Å². The van der Waals surface area contributed by atoms with E-state index < -0.39 is 23.2 Å². The third kappa shape index (κ3) is 5.33. The zero-order valence-corrected chi connectivity index (χ0v) is 13.3. The van der Waals surface area contributed by atoms with Crippen LogP contribution in [0.5, 0.6) is 6.01 Å². The van der Waals surface area contributed by atoms with Crippen LogP contribution >= 0.6 is 0 Å². The molecule has 0 aliphatic carbocycles. The van der Waals surface area contributed by atoms with Crippen LogP contribution in [0.2, 0.25) is 0 Å². The molecule has 0 saturated carbocycles. The maximum atomic E-state index is 12.5. The van der Waals surface area contributed by atoms with Crippen molar-refractivity contribution in [3.05, 3.63) is 57.5 Å². The molecule has 1 heterocycles. The molecule has 1 aromatic carbocycles. The zero-order valence-electron chi connectivity index (χ0n) is 13.3. The molecule has 0 fully saturated rings. The number of benzene rings is 1. The molecule has 9 heteroatoms. The molecule has 2 rings (SSSR count). The Labute approximate surface area is 141 Å². The number of rotatable bonds is 6. The molecule has 0 aliphatic heterocycles. The molecule has 0 atom stereocenters. The highest BCUT2D eigenvalue weighted by molar-refractivity contribution is 5.92. The third-order valence-electron chi connectivity index (χ3n) is 3.21. The molecule has 6 nitrogen and oxygen atoms in total. The normalized spacial score (nSPS) is 11.2. The van der Waals surface area contributed by atoms with Crippen LogP contribution in [0.25, 0.3) is 0 Å². The highest BCUT2D eigenvalue weighted by Gasteiger charge is 2.29. The molecule has 0 unspecified atom stereocenters. The fraction of sp³-hybridized carbons (Fsp3) is 0.312. The standard InChI is InChI=1S/C16H16F3N3O3/c1-2-25-15-21-12(9-13(23)22-15)14(24)20-8-7-10-3-5-11(6-4-10)16(17,18)19/h3-6,9H,2,7-8H2,1H3,(H,20,24)(H,21,22,23). The van der Waals surface area contributed by atoms with E-state index in [1.807, 2.05) is 0 Å². The van der Waals surface area contributed by atoms with Gasteiger partial charge in [0.25, 0.3) is 17.5 Å². The molecule has 0 bridgehead atoms. The Hall–Kier alpha value is -2.84. The number of ether oxygens (including phenoxy) is 1. The fourth-order valence-electron chi connectivity index (χ4n) is 2.03. The van der Waals surface area contributed by atoms with Gasteiger partial charge in [0.15, 0.2) is 0 Å². The van der Waals surface area contributed by atoms with Gasteiger partial charge in [0.05, 0.1) is 12.2 Å². The Balaban J connectivity index is 1.93. The third-order valence-corrected chi connectivity index (χ3v) is 3.21. The second kappa shape index (κ2) is 7.82. The number of amides is 1. The lowest BCUT2D eigenvalue weighted by molar-refractivity contribution is -0.137. The van der Waals surface area contributed by atoms with E-state index >= 15 is 0 Å². The summed E-state index contributed by atoms with van der Waals surface area (Å²) >= 11 is 0. The smallest absolute Gasteiger partial charge is 0.416 e. The summed E-state index contributed by atoms with van der Waals surface area (Å²) in [4.78, 5) is 29.7. The number of H-pyrrole nitrogens is 1. The van der Waals surface area contributed by atoms with Crippen molar-refractivity contribution < 1.29 is 22.7 Å². The van der Waals surface area contributed by atoms with Gasteiger partial charge in [-0.3, -0.25) is 14.6 Å². The molecule has 0 spiro atoms. The largest absolute Gasteiger partial charge is 0.465 e. The Bertz CT molecular complexity index is 786. The van der Waals surface area contributed by atoms with Crippen molar-refractivity contribution >= 4 is 5.91 Å². The van der Waals surface area contributed by atoms with Gasteiger partial charge in [-0.1, -0.05) is 12.1 Å². The number of aromatic nitrogens is 2. The monoisotopic (exact) mass is 355 g/mol. The summed E-state index contributed by atoms with van der Waals surface area (Å²) in [5.41, 5.74) is -0.704. The van der Waals surface area contributed by atoms with Crippen molar-refractivity contribution in [2.75, 3.05) is 13.2 Å². The molecule has 2 N–H and O–H groups in total. The van der Waals surface area contributed by atoms with Gasteiger partial charge in [0, 0.05) is 12.6 Å². The van der Waals surface area contributed by atoms with E-state index in [1.165, 1.54) is 12.1 Å². The van der Waals surface area contributed by atoms with Gasteiger partial charge < -0.3 is 10.1 Å². The number of halogens is 3. The van der Waals surface area contributed by atoms with Gasteiger partial charge in [-0.2, -0.15) is 18.2 Å². The van der Waals surface area contributed by atoms with Crippen molar-refractivity contribution in [2.45, 2.75) is 19.5 Å². The SMILES string of the molecule is CCOc1nc(C(=O)NCCc2ccc(C(F)(F)F)cc2)cc(=O)[nH]1. The van der Waals surface area contributed by atoms with E-state index in [-0.39, 0.29) is 24.9 Å². The number of hydrogen-bond acceptors (Lipinski definition) is 4. The first-order valence-corrected chi connectivity index (χ1v) is 7.48. The van der Waals surface area contributed by atoms with Crippen molar-refractivity contribution in [2.24, 2.45) is 0 Å². The molecule has 1 aromatic heterocycles. The minimum atomic E-state index is -4.38. The molecule has 25 heavy (non-hydrogen) atoms. The Morgan fingerprint density at radius 1 is 1.28 bits per heavy atom. The summed E-state index contributed by atoms with van der Waals surface area (Å²) in [7, 11) is 0. The van der Waals surface area contributed by atoms with Crippen LogP contribution in [0.4, 0.5) is 13.2 Å². The molecule has 134 valence electrons. The summed E-state index contributed by atoms with van der Waals surface area (Å²) in [6.07, 6.45) is -4.04. The first kappa shape index (κ1) is 18.5. The summed E-state index contributed by atoms with van der Waals surface area (Å²) in [6, 6.07) is 5.67. The molecular weight excluding hydrogens is 339 g/mol. The van der Waals surface area contributed by atoms with Gasteiger partial charge >= 0.3 is 6.18 Å². The van der Waals surface area contributed by atoms with Crippen molar-refractivity contribution in [1.82, 2.24) is 15.3 Å². The van der Waals surface area contributed by atoms with E-state index in [2.05, 4.69) is 15.3 Å². The minimum absolute atomic E-state index is 0.0529. The summed E-state index contributed by atoms with van der Waals surface area (Å²) in [6.45, 7) is 2.17. The quantitative estimate of drug-likeness (QED) is 0.832. The lowest BCUT2D eigenvalue weighted by Crippen LogP contribution is -2.28. The second-order valence-electron chi connectivity index (χ2n) is 5.07. The average molecular weight is 355 g/mol. The molecular formula is C16H16F3N3O3. The highest BCUT2D eigenvalue weighted by Crippen LogP contribution is 2.29. The molecule has 0 aliphatic rings. The summed E-state index contributed by atoms with van der Waals surface area (Å²) in [5.74, 6) is -0.570. The van der Waals surface area contributed by atoms with Gasteiger partial charge in [0.2, 0.25) is 0 Å². The first-order chi connectivity index (χ1) is 11.8. The maximum Gasteiger partial charge on any atom is 0.416 e. The number of carbonyl (C=O) groups excluding carboxylic acids is 1. The summed E-state index contributed by atoms with van der Waals surface area (Å²) < 4.78 is 42.5. The number of aromatic amines is 1. The van der Waals surface area contributed by atoms with Crippen molar-refractivity contribution in [3.8, 4) is 6.01 Å². The number of alkyl halides is 3. The Morgan fingerprint density at radius 2 is 1.96 bits per heavy atom. The van der Waals surface area contributed by atoms with E-state index in [0.717, 1.165) is 18.2 Å². The van der Waals surface area contributed by atoms with Crippen LogP contribution in [0.3, 0.4) is 0 Å². The van der Waals surface area contributed by atoms with Crippen LogP contribution < -0.4 is 15.6 Å². The minimum Gasteiger partial charge on any atom is -0.465 e. The van der Waals surface area contributed by atoms with E-state index in [4.69, 9.17) is 4.74 Å². The van der Waals surface area contributed by atoms with E-state index in [1.54, 1.807) is 6.92 Å². The van der Waals surface area contributed by atoms with Crippen LogP contribution in [-0.4, -0.2) is 29.0 Å². The average Bonchev–Trinajstić information content (AvgIpc) is 2.54. The maximum absolute atomic E-state index is 12.5. The molecule has 2 aromatic rings. The highest BCUT2D eigenvalue weighted by atomic mass is 19.4. The second-order valence-corrected chi connectivity index (χ2v) is 5.07. The predicted octanol–water partition coefficient (Wildman–Crippen LogP) is 2.16. The fourth-order valence-corrected chi connectivity index (χ4v) is 2.03. The van der Waals surface area contributed by atoms with Crippen LogP contribution in [0.1, 0.15) is 28.5 Å². The lowest BCUT2D eigenvalue weighted by Gasteiger charge is -2.08. The zero-order chi connectivity index (χ0) is 18.4. The molecule has 0 saturated heterocycles. The Morgan fingerprint density at radius 3 is 2.56 bits per heavy atom. The number of nitrogens with one attached hydrogen (secondary N) is 2. The number of nitrogens with zero attached hydrogens (tertiary/aromatic N) is 1. The lowest BCUT2D eigenvalue weighted by atomic mass is 10.1. The number of carbonyl (C=O) groups is 1. The van der Waals surface area contributed by atoms with Gasteiger partial charge in [0.1, 0.15) is 5.69 Å². The predicted molar refractivity (Wildman–Crippen MR) is 83.5 cm³/mol. The van der Waals surface area contributed by atoms with E-state index in [9.17, 15) is 22.8 Å². The van der Waals surface area contributed by atoms with Crippen LogP contribution in [0, 0.1) is 0 Å². The van der Waals surface area contributed by atoms with Gasteiger partial charge in [-0.05, 0) is 31.0 Å². The number of hydrogen-bond donors (Lipinski definition) is 2. The van der Waals surface area contributed by atoms with Gasteiger partial charge in [-0.25, -0.2) is 0 Å². The first-order valence-electron chi connectivity index (χ1n) is 7.48. The molecule has 0 radical (unpaired) electrons. The van der Waals surface area contributed by atoms with Crippen LogP contribution in [-0.2, 0) is 12.6 Å². The van der Waals surface area contributed by atoms with Gasteiger partial charge in [-0.15, -0.1) is 0 Å².